The number of nitrogens with zero attached hydrogens (tertiary/aromatic N) is 1. The van der Waals surface area contributed by atoms with Gasteiger partial charge in [-0.05, 0) is 50.0 Å². The van der Waals surface area contributed by atoms with Crippen molar-refractivity contribution >= 4 is 5.91 Å². The van der Waals surface area contributed by atoms with Crippen LogP contribution in [0.5, 0.6) is 0 Å². The second-order valence-corrected chi connectivity index (χ2v) is 9.16. The molecule has 2 heterocycles. The van der Waals surface area contributed by atoms with Gasteiger partial charge in [0, 0.05) is 31.1 Å². The van der Waals surface area contributed by atoms with Gasteiger partial charge in [0.25, 0.3) is 0 Å². The van der Waals surface area contributed by atoms with Crippen LogP contribution >= 0.6 is 0 Å². The van der Waals surface area contributed by atoms with Gasteiger partial charge in [-0.2, -0.15) is 0 Å². The quantitative estimate of drug-likeness (QED) is 0.836. The number of carbonyl (C=O) groups excluding carboxylic acids is 1. The molecule has 1 aliphatic carbocycles. The summed E-state index contributed by atoms with van der Waals surface area (Å²) < 4.78 is 5.46. The van der Waals surface area contributed by atoms with Gasteiger partial charge >= 0.3 is 0 Å². The Morgan fingerprint density at radius 2 is 1.86 bits per heavy atom. The summed E-state index contributed by atoms with van der Waals surface area (Å²) in [6, 6.07) is 10.1. The Morgan fingerprint density at radius 1 is 1.14 bits per heavy atom. The zero-order valence-corrected chi connectivity index (χ0v) is 16.8. The van der Waals surface area contributed by atoms with E-state index in [9.17, 15) is 15.0 Å². The summed E-state index contributed by atoms with van der Waals surface area (Å²) in [5.41, 5.74) is 0.640. The first kappa shape index (κ1) is 19.9. The molecule has 0 radical (unpaired) electrons. The van der Waals surface area contributed by atoms with Crippen LogP contribution in [-0.4, -0.2) is 52.5 Å². The lowest BCUT2D eigenvalue weighted by Crippen LogP contribution is -2.49. The largest absolute Gasteiger partial charge is 0.390 e. The molecule has 2 aliphatic heterocycles. The number of amides is 1. The number of rotatable bonds is 3. The number of benzene rings is 1. The number of ether oxygens (including phenoxy) is 1. The molecule has 5 heteroatoms. The molecule has 0 spiro atoms. The van der Waals surface area contributed by atoms with Crippen molar-refractivity contribution in [1.82, 2.24) is 4.90 Å². The second kappa shape index (κ2) is 8.13. The van der Waals surface area contributed by atoms with Crippen molar-refractivity contribution in [2.45, 2.75) is 76.2 Å². The molecule has 5 nitrogen and oxygen atoms in total. The number of carbonyl (C=O) groups is 1. The fourth-order valence-electron chi connectivity index (χ4n) is 5.69. The van der Waals surface area contributed by atoms with Crippen molar-refractivity contribution in [3.05, 3.63) is 35.9 Å². The lowest BCUT2D eigenvalue weighted by atomic mass is 9.74. The fraction of sp³-hybridized carbons (Fsp3) is 0.696. The van der Waals surface area contributed by atoms with Crippen LogP contribution in [0, 0.1) is 11.3 Å². The highest BCUT2D eigenvalue weighted by Gasteiger charge is 2.56. The van der Waals surface area contributed by atoms with E-state index in [4.69, 9.17) is 4.74 Å². The molecule has 1 saturated carbocycles. The van der Waals surface area contributed by atoms with Crippen molar-refractivity contribution in [3.8, 4) is 0 Å². The third-order valence-electron chi connectivity index (χ3n) is 7.36. The highest BCUT2D eigenvalue weighted by Crippen LogP contribution is 2.53. The van der Waals surface area contributed by atoms with Gasteiger partial charge in [0.15, 0.2) is 0 Å². The van der Waals surface area contributed by atoms with Gasteiger partial charge in [-0.15, -0.1) is 0 Å². The summed E-state index contributed by atoms with van der Waals surface area (Å²) in [6.07, 6.45) is 3.90. The molecule has 2 N–H and O–H groups in total. The summed E-state index contributed by atoms with van der Waals surface area (Å²) in [4.78, 5) is 15.6. The second-order valence-electron chi connectivity index (χ2n) is 9.16. The Morgan fingerprint density at radius 3 is 2.57 bits per heavy atom. The van der Waals surface area contributed by atoms with E-state index >= 15 is 0 Å². The average molecular weight is 388 g/mol. The maximum atomic E-state index is 13.5. The van der Waals surface area contributed by atoms with Gasteiger partial charge < -0.3 is 19.8 Å². The lowest BCUT2D eigenvalue weighted by Gasteiger charge is -2.39. The molecule has 1 aromatic carbocycles. The standard InChI is InChI=1S/C23H33NO4/c1-23-15-18(17-6-3-2-4-7-17)24(20(23)9-5-8-19(25)22(23)27)21(26)14-16-10-12-28-13-11-16/h2-4,6-7,16,18-20,22,25,27H,5,8-15H2,1H3/t18-,19+,20-,22+,23-/m1/s1. The highest BCUT2D eigenvalue weighted by molar-refractivity contribution is 5.78. The van der Waals surface area contributed by atoms with Crippen LogP contribution < -0.4 is 0 Å². The minimum atomic E-state index is -0.799. The molecule has 5 atom stereocenters. The monoisotopic (exact) mass is 387 g/mol. The topological polar surface area (TPSA) is 70.0 Å². The summed E-state index contributed by atoms with van der Waals surface area (Å²) >= 11 is 0. The van der Waals surface area contributed by atoms with E-state index in [1.54, 1.807) is 0 Å². The number of aliphatic hydroxyl groups excluding tert-OH is 2. The van der Waals surface area contributed by atoms with Crippen molar-refractivity contribution in [2.24, 2.45) is 11.3 Å². The number of fused-ring (bicyclic) bond motifs is 1. The molecular weight excluding hydrogens is 354 g/mol. The molecule has 0 unspecified atom stereocenters. The Balaban J connectivity index is 1.65. The predicted molar refractivity (Wildman–Crippen MR) is 107 cm³/mol. The summed E-state index contributed by atoms with van der Waals surface area (Å²) in [6.45, 7) is 3.55. The van der Waals surface area contributed by atoms with Gasteiger partial charge in [-0.25, -0.2) is 0 Å². The van der Waals surface area contributed by atoms with E-state index in [0.29, 0.717) is 25.2 Å². The van der Waals surface area contributed by atoms with E-state index in [0.717, 1.165) is 44.5 Å². The van der Waals surface area contributed by atoms with Crippen LogP contribution in [0.4, 0.5) is 0 Å². The van der Waals surface area contributed by atoms with Gasteiger partial charge in [-0.1, -0.05) is 37.3 Å². The van der Waals surface area contributed by atoms with E-state index < -0.39 is 17.6 Å². The molecule has 1 aromatic rings. The average Bonchev–Trinajstić information content (AvgIpc) is 2.97. The number of likely N-dealkylation sites (tertiary alicyclic amines) is 1. The number of hydrogen-bond donors (Lipinski definition) is 2. The van der Waals surface area contributed by atoms with Crippen molar-refractivity contribution in [3.63, 3.8) is 0 Å². The van der Waals surface area contributed by atoms with Crippen molar-refractivity contribution in [2.75, 3.05) is 13.2 Å². The van der Waals surface area contributed by atoms with Crippen molar-refractivity contribution < 1.29 is 19.7 Å². The molecule has 3 fully saturated rings. The van der Waals surface area contributed by atoms with E-state index in [-0.39, 0.29) is 18.0 Å². The first-order valence-corrected chi connectivity index (χ1v) is 10.8. The van der Waals surface area contributed by atoms with E-state index in [1.807, 2.05) is 18.2 Å². The van der Waals surface area contributed by atoms with Gasteiger partial charge in [-0.3, -0.25) is 4.79 Å². The molecule has 0 bridgehead atoms. The smallest absolute Gasteiger partial charge is 0.223 e. The molecule has 2 saturated heterocycles. The van der Waals surface area contributed by atoms with Gasteiger partial charge in [0.1, 0.15) is 0 Å². The van der Waals surface area contributed by atoms with Crippen LogP contribution in [-0.2, 0) is 9.53 Å². The summed E-state index contributed by atoms with van der Waals surface area (Å²) in [5.74, 6) is 0.573. The van der Waals surface area contributed by atoms with Crippen LogP contribution in [0.25, 0.3) is 0 Å². The van der Waals surface area contributed by atoms with Crippen LogP contribution in [0.1, 0.15) is 63.5 Å². The Bertz CT molecular complexity index is 674. The Labute approximate surface area is 167 Å². The molecule has 0 aromatic heterocycles. The van der Waals surface area contributed by atoms with Crippen molar-refractivity contribution in [1.29, 1.82) is 0 Å². The first-order valence-electron chi connectivity index (χ1n) is 10.8. The van der Waals surface area contributed by atoms with Crippen LogP contribution in [0.15, 0.2) is 30.3 Å². The predicted octanol–water partition coefficient (Wildman–Crippen LogP) is 3.06. The maximum absolute atomic E-state index is 13.5. The lowest BCUT2D eigenvalue weighted by molar-refractivity contribution is -0.138. The zero-order chi connectivity index (χ0) is 19.7. The van der Waals surface area contributed by atoms with Gasteiger partial charge in [0.05, 0.1) is 18.2 Å². The molecule has 4 rings (SSSR count). The van der Waals surface area contributed by atoms with E-state index in [1.165, 1.54) is 0 Å². The maximum Gasteiger partial charge on any atom is 0.223 e. The Hall–Kier alpha value is -1.43. The first-order chi connectivity index (χ1) is 13.5. The SMILES string of the molecule is C[C@@]12C[C@H](c3ccccc3)N(C(=O)CC3CCOCC3)[C@@H]1CCC[C@H](O)[C@@H]2O. The normalized spacial score (nSPS) is 36.8. The Kier molecular flexibility index (Phi) is 5.77. The third-order valence-corrected chi connectivity index (χ3v) is 7.36. The summed E-state index contributed by atoms with van der Waals surface area (Å²) in [7, 11) is 0. The van der Waals surface area contributed by atoms with Gasteiger partial charge in [0.2, 0.25) is 5.91 Å². The van der Waals surface area contributed by atoms with E-state index in [2.05, 4.69) is 24.0 Å². The minimum Gasteiger partial charge on any atom is -0.390 e. The van der Waals surface area contributed by atoms with Crippen LogP contribution in [0.3, 0.4) is 0 Å². The molecule has 3 aliphatic rings. The molecule has 28 heavy (non-hydrogen) atoms. The fourth-order valence-corrected chi connectivity index (χ4v) is 5.69. The minimum absolute atomic E-state index is 0.0304. The molecule has 154 valence electrons. The molecule has 1 amide bonds. The zero-order valence-electron chi connectivity index (χ0n) is 16.8. The third kappa shape index (κ3) is 3.60. The highest BCUT2D eigenvalue weighted by atomic mass is 16.5. The number of hydrogen-bond acceptors (Lipinski definition) is 4. The molecular formula is C23H33NO4. The van der Waals surface area contributed by atoms with Crippen LogP contribution in [0.2, 0.25) is 0 Å². The number of aliphatic hydroxyl groups is 2. The summed E-state index contributed by atoms with van der Waals surface area (Å²) in [5, 5.41) is 21.4.